The highest BCUT2D eigenvalue weighted by Crippen LogP contribution is 2.23. The monoisotopic (exact) mass is 531 g/mol. The summed E-state index contributed by atoms with van der Waals surface area (Å²) in [6, 6.07) is 10.3. The fourth-order valence-corrected chi connectivity index (χ4v) is 6.78. The Balaban J connectivity index is 1.44. The van der Waals surface area contributed by atoms with E-state index in [-0.39, 0.29) is 34.8 Å². The van der Waals surface area contributed by atoms with Gasteiger partial charge >= 0.3 is 0 Å². The van der Waals surface area contributed by atoms with Crippen molar-refractivity contribution in [2.24, 2.45) is 5.92 Å². The van der Waals surface area contributed by atoms with Crippen molar-refractivity contribution in [3.63, 3.8) is 0 Å². The third kappa shape index (κ3) is 5.85. The van der Waals surface area contributed by atoms with Gasteiger partial charge in [-0.1, -0.05) is 38.1 Å². The van der Waals surface area contributed by atoms with Crippen molar-refractivity contribution in [3.8, 4) is 0 Å². The first kappa shape index (κ1) is 26.1. The molecule has 3 aromatic rings. The largest absolute Gasteiger partial charge is 0.451 e. The van der Waals surface area contributed by atoms with Gasteiger partial charge in [-0.05, 0) is 48.8 Å². The summed E-state index contributed by atoms with van der Waals surface area (Å²) in [5, 5.41) is 7.93. The lowest BCUT2D eigenvalue weighted by atomic mass is 10.0. The van der Waals surface area contributed by atoms with Crippen molar-refractivity contribution in [3.05, 3.63) is 53.6 Å². The molecule has 2 aromatic heterocycles. The highest BCUT2D eigenvalue weighted by molar-refractivity contribution is 7.91. The number of rotatable bonds is 8. The number of amides is 2. The Labute approximate surface area is 213 Å². The predicted molar refractivity (Wildman–Crippen MR) is 136 cm³/mol. The van der Waals surface area contributed by atoms with Crippen LogP contribution in [0.3, 0.4) is 0 Å². The second-order valence-electron chi connectivity index (χ2n) is 9.24. The summed E-state index contributed by atoms with van der Waals surface area (Å²) in [6.45, 7) is 3.73. The zero-order chi connectivity index (χ0) is 25.9. The van der Waals surface area contributed by atoms with Crippen molar-refractivity contribution in [2.75, 3.05) is 13.1 Å². The molecule has 192 valence electrons. The Morgan fingerprint density at radius 1 is 1.19 bits per heavy atom. The van der Waals surface area contributed by atoms with E-state index in [9.17, 15) is 22.8 Å². The highest BCUT2D eigenvalue weighted by atomic mass is 32.2. The SMILES string of the molecule is CC(C)CC(NC(=O)c1cc2ccccc2o1)C(=O)N[C@H]1CCCN(S(=O)(=O)c2cccs2)CC1=O. The van der Waals surface area contributed by atoms with Gasteiger partial charge in [-0.25, -0.2) is 8.42 Å². The highest BCUT2D eigenvalue weighted by Gasteiger charge is 2.34. The Morgan fingerprint density at radius 3 is 2.67 bits per heavy atom. The van der Waals surface area contributed by atoms with Crippen LogP contribution in [-0.4, -0.2) is 55.5 Å². The standard InChI is InChI=1S/C25H29N3O6S2/c1-16(2)13-19(27-25(31)22-14-17-7-3-4-9-21(17)34-22)24(30)26-18-8-5-11-28(15-20(18)29)36(32,33)23-10-6-12-35-23/h3-4,6-7,9-10,12,14,16,18-19H,5,8,11,13,15H2,1-2H3,(H,26,30)(H,27,31)/t18-,19?/m0/s1. The van der Waals surface area contributed by atoms with Crippen molar-refractivity contribution < 1.29 is 27.2 Å². The minimum absolute atomic E-state index is 0.0907. The van der Waals surface area contributed by atoms with Crippen molar-refractivity contribution in [1.29, 1.82) is 0 Å². The molecule has 11 heteroatoms. The lowest BCUT2D eigenvalue weighted by Crippen LogP contribution is -2.52. The molecule has 1 aliphatic heterocycles. The molecule has 9 nitrogen and oxygen atoms in total. The first-order chi connectivity index (χ1) is 17.1. The molecular weight excluding hydrogens is 502 g/mol. The second kappa shape index (κ2) is 10.9. The molecule has 0 radical (unpaired) electrons. The lowest BCUT2D eigenvalue weighted by Gasteiger charge is -2.23. The van der Waals surface area contributed by atoms with E-state index in [1.807, 2.05) is 26.0 Å². The third-order valence-corrected chi connectivity index (χ3v) is 9.22. The molecule has 2 atom stereocenters. The van der Waals surface area contributed by atoms with E-state index in [0.717, 1.165) is 16.7 Å². The number of carbonyl (C=O) groups is 3. The van der Waals surface area contributed by atoms with Gasteiger partial charge in [-0.15, -0.1) is 11.3 Å². The molecule has 4 rings (SSSR count). The van der Waals surface area contributed by atoms with Crippen molar-refractivity contribution in [2.45, 2.75) is 49.4 Å². The molecule has 0 spiro atoms. The number of benzene rings is 1. The van der Waals surface area contributed by atoms with E-state index in [4.69, 9.17) is 4.42 Å². The molecule has 0 aliphatic carbocycles. The topological polar surface area (TPSA) is 126 Å². The summed E-state index contributed by atoms with van der Waals surface area (Å²) in [6.07, 6.45) is 1.09. The van der Waals surface area contributed by atoms with E-state index in [0.29, 0.717) is 24.8 Å². The quantitative estimate of drug-likeness (QED) is 0.460. The number of nitrogens with zero attached hydrogens (tertiary/aromatic N) is 1. The predicted octanol–water partition coefficient (Wildman–Crippen LogP) is 3.18. The number of hydrogen-bond donors (Lipinski definition) is 2. The first-order valence-electron chi connectivity index (χ1n) is 11.8. The van der Waals surface area contributed by atoms with Crippen LogP contribution in [0.4, 0.5) is 0 Å². The maximum Gasteiger partial charge on any atom is 0.287 e. The molecule has 1 aliphatic rings. The third-order valence-electron chi connectivity index (χ3n) is 6.01. The van der Waals surface area contributed by atoms with Gasteiger partial charge in [0.25, 0.3) is 15.9 Å². The zero-order valence-corrected chi connectivity index (χ0v) is 21.7. The fraction of sp³-hybridized carbons (Fsp3) is 0.400. The van der Waals surface area contributed by atoms with Gasteiger partial charge < -0.3 is 15.1 Å². The maximum absolute atomic E-state index is 13.2. The Hall–Kier alpha value is -3.02. The Kier molecular flexibility index (Phi) is 7.91. The lowest BCUT2D eigenvalue weighted by molar-refractivity contribution is -0.129. The molecule has 0 saturated carbocycles. The summed E-state index contributed by atoms with van der Waals surface area (Å²) in [5.74, 6) is -1.20. The summed E-state index contributed by atoms with van der Waals surface area (Å²) < 4.78 is 32.7. The van der Waals surface area contributed by atoms with Gasteiger partial charge in [-0.3, -0.25) is 14.4 Å². The van der Waals surface area contributed by atoms with E-state index >= 15 is 0 Å². The van der Waals surface area contributed by atoms with E-state index in [1.54, 1.807) is 29.6 Å². The van der Waals surface area contributed by atoms with Crippen LogP contribution >= 0.6 is 11.3 Å². The molecule has 2 N–H and O–H groups in total. The number of fused-ring (bicyclic) bond motifs is 1. The van der Waals surface area contributed by atoms with E-state index in [2.05, 4.69) is 10.6 Å². The number of hydrogen-bond acceptors (Lipinski definition) is 7. The summed E-state index contributed by atoms with van der Waals surface area (Å²) in [5.41, 5.74) is 0.568. The van der Waals surface area contributed by atoms with Gasteiger partial charge in [0.2, 0.25) is 5.91 Å². The molecule has 1 saturated heterocycles. The second-order valence-corrected chi connectivity index (χ2v) is 12.4. The normalized spacial score (nSPS) is 18.2. The number of nitrogens with one attached hydrogen (secondary N) is 2. The average molecular weight is 532 g/mol. The number of ketones is 1. The van der Waals surface area contributed by atoms with E-state index < -0.39 is 33.9 Å². The summed E-state index contributed by atoms with van der Waals surface area (Å²) in [7, 11) is -3.77. The maximum atomic E-state index is 13.2. The molecular formula is C25H29N3O6S2. The molecule has 1 aromatic carbocycles. The summed E-state index contributed by atoms with van der Waals surface area (Å²) in [4.78, 5) is 39.0. The van der Waals surface area contributed by atoms with Crippen LogP contribution in [0.2, 0.25) is 0 Å². The Morgan fingerprint density at radius 2 is 1.97 bits per heavy atom. The van der Waals surface area contributed by atoms with Gasteiger partial charge in [0.15, 0.2) is 11.5 Å². The minimum Gasteiger partial charge on any atom is -0.451 e. The molecule has 0 bridgehead atoms. The minimum atomic E-state index is -3.77. The molecule has 3 heterocycles. The van der Waals surface area contributed by atoms with Crippen LogP contribution < -0.4 is 10.6 Å². The smallest absolute Gasteiger partial charge is 0.287 e. The first-order valence-corrected chi connectivity index (χ1v) is 14.1. The van der Waals surface area contributed by atoms with Crippen LogP contribution in [-0.2, 0) is 19.6 Å². The van der Waals surface area contributed by atoms with E-state index in [1.165, 1.54) is 10.4 Å². The van der Waals surface area contributed by atoms with Gasteiger partial charge in [-0.2, -0.15) is 4.31 Å². The molecule has 1 fully saturated rings. The van der Waals surface area contributed by atoms with Crippen LogP contribution in [0.25, 0.3) is 11.0 Å². The van der Waals surface area contributed by atoms with Gasteiger partial charge in [0, 0.05) is 11.9 Å². The summed E-state index contributed by atoms with van der Waals surface area (Å²) >= 11 is 1.10. The van der Waals surface area contributed by atoms with Crippen LogP contribution in [0.5, 0.6) is 0 Å². The average Bonchev–Trinajstić information content (AvgIpc) is 3.49. The van der Waals surface area contributed by atoms with Crippen molar-refractivity contribution in [1.82, 2.24) is 14.9 Å². The zero-order valence-electron chi connectivity index (χ0n) is 20.1. The van der Waals surface area contributed by atoms with Crippen LogP contribution in [0, 0.1) is 5.92 Å². The molecule has 1 unspecified atom stereocenters. The number of para-hydroxylation sites is 1. The van der Waals surface area contributed by atoms with Crippen LogP contribution in [0.1, 0.15) is 43.7 Å². The number of Topliss-reactive ketones (excluding diaryl/α,β-unsaturated/α-hetero) is 1. The number of sulfonamides is 1. The Bertz CT molecular complexity index is 1310. The molecule has 2 amide bonds. The number of carbonyl (C=O) groups excluding carboxylic acids is 3. The van der Waals surface area contributed by atoms with Crippen LogP contribution in [0.15, 0.2) is 56.5 Å². The van der Waals surface area contributed by atoms with Gasteiger partial charge in [0.05, 0.1) is 12.6 Å². The fourth-order valence-electron chi connectivity index (χ4n) is 4.19. The number of furan rings is 1. The van der Waals surface area contributed by atoms with Crippen molar-refractivity contribution >= 4 is 49.9 Å². The molecule has 36 heavy (non-hydrogen) atoms. The van der Waals surface area contributed by atoms with Gasteiger partial charge in [0.1, 0.15) is 15.8 Å². The number of thiophene rings is 1.